The first-order valence-electron chi connectivity index (χ1n) is 6.89. The standard InChI is InChI=1S/C16H24O2/c1-16(2)11-14(8-9-18-16)15(12-17)10-13-6-4-3-5-7-13/h3-7,14-15,17H,8-12H2,1-2H3. The average Bonchev–Trinajstić information content (AvgIpc) is 2.36. The van der Waals surface area contributed by atoms with Crippen molar-refractivity contribution in [3.05, 3.63) is 35.9 Å². The van der Waals surface area contributed by atoms with Gasteiger partial charge in [-0.2, -0.15) is 0 Å². The molecule has 0 spiro atoms. The molecule has 1 aromatic rings. The van der Waals surface area contributed by atoms with Crippen molar-refractivity contribution in [1.29, 1.82) is 0 Å². The first-order valence-corrected chi connectivity index (χ1v) is 6.89. The fourth-order valence-corrected chi connectivity index (χ4v) is 2.98. The van der Waals surface area contributed by atoms with Crippen molar-refractivity contribution in [2.45, 2.75) is 38.7 Å². The second-order valence-corrected chi connectivity index (χ2v) is 5.99. The molecule has 1 N–H and O–H groups in total. The topological polar surface area (TPSA) is 29.5 Å². The number of hydrogen-bond donors (Lipinski definition) is 1. The fraction of sp³-hybridized carbons (Fsp3) is 0.625. The van der Waals surface area contributed by atoms with Crippen LogP contribution in [0.25, 0.3) is 0 Å². The molecule has 1 aliphatic heterocycles. The number of benzene rings is 1. The first-order chi connectivity index (χ1) is 8.61. The van der Waals surface area contributed by atoms with Crippen LogP contribution < -0.4 is 0 Å². The molecule has 1 saturated heterocycles. The van der Waals surface area contributed by atoms with E-state index in [-0.39, 0.29) is 12.2 Å². The van der Waals surface area contributed by atoms with Gasteiger partial charge in [0.2, 0.25) is 0 Å². The van der Waals surface area contributed by atoms with E-state index in [9.17, 15) is 5.11 Å². The Labute approximate surface area is 110 Å². The van der Waals surface area contributed by atoms with Gasteiger partial charge in [-0.15, -0.1) is 0 Å². The number of ether oxygens (including phenoxy) is 1. The van der Waals surface area contributed by atoms with Gasteiger partial charge in [0, 0.05) is 13.2 Å². The molecule has 18 heavy (non-hydrogen) atoms. The molecule has 1 aromatic carbocycles. The molecule has 0 aromatic heterocycles. The van der Waals surface area contributed by atoms with Crippen LogP contribution >= 0.6 is 0 Å². The van der Waals surface area contributed by atoms with Crippen LogP contribution in [-0.4, -0.2) is 23.9 Å². The van der Waals surface area contributed by atoms with Crippen molar-refractivity contribution in [3.8, 4) is 0 Å². The van der Waals surface area contributed by atoms with E-state index in [4.69, 9.17) is 4.74 Å². The third-order valence-corrected chi connectivity index (χ3v) is 3.98. The Morgan fingerprint density at radius 3 is 2.67 bits per heavy atom. The summed E-state index contributed by atoms with van der Waals surface area (Å²) < 4.78 is 5.76. The number of hydrogen-bond acceptors (Lipinski definition) is 2. The highest BCUT2D eigenvalue weighted by atomic mass is 16.5. The summed E-state index contributed by atoms with van der Waals surface area (Å²) >= 11 is 0. The lowest BCUT2D eigenvalue weighted by atomic mass is 9.77. The largest absolute Gasteiger partial charge is 0.396 e. The SMILES string of the molecule is CC1(C)CC(C(CO)Cc2ccccc2)CCO1. The molecule has 1 aliphatic rings. The minimum atomic E-state index is -0.0347. The maximum Gasteiger partial charge on any atom is 0.0629 e. The summed E-state index contributed by atoms with van der Waals surface area (Å²) in [6, 6.07) is 10.5. The molecule has 1 heterocycles. The van der Waals surface area contributed by atoms with E-state index >= 15 is 0 Å². The van der Waals surface area contributed by atoms with Gasteiger partial charge < -0.3 is 9.84 Å². The smallest absolute Gasteiger partial charge is 0.0629 e. The molecular weight excluding hydrogens is 224 g/mol. The predicted octanol–water partition coefficient (Wildman–Crippen LogP) is 3.04. The summed E-state index contributed by atoms with van der Waals surface area (Å²) in [5.41, 5.74) is 1.29. The molecule has 0 radical (unpaired) electrons. The second kappa shape index (κ2) is 5.85. The lowest BCUT2D eigenvalue weighted by Gasteiger charge is -2.38. The van der Waals surface area contributed by atoms with Crippen LogP contribution in [0, 0.1) is 11.8 Å². The Bertz CT molecular complexity index is 359. The van der Waals surface area contributed by atoms with E-state index in [1.54, 1.807) is 0 Å². The van der Waals surface area contributed by atoms with Gasteiger partial charge >= 0.3 is 0 Å². The van der Waals surface area contributed by atoms with Crippen molar-refractivity contribution in [2.24, 2.45) is 11.8 Å². The fourth-order valence-electron chi connectivity index (χ4n) is 2.98. The third-order valence-electron chi connectivity index (χ3n) is 3.98. The molecule has 1 fully saturated rings. The molecule has 0 amide bonds. The molecule has 2 nitrogen and oxygen atoms in total. The summed E-state index contributed by atoms with van der Waals surface area (Å²) in [6.07, 6.45) is 3.09. The van der Waals surface area contributed by atoms with Crippen LogP contribution in [0.1, 0.15) is 32.3 Å². The summed E-state index contributed by atoms with van der Waals surface area (Å²) in [4.78, 5) is 0. The van der Waals surface area contributed by atoms with Crippen molar-refractivity contribution in [1.82, 2.24) is 0 Å². The molecule has 0 saturated carbocycles. The minimum absolute atomic E-state index is 0.0347. The highest BCUT2D eigenvalue weighted by Gasteiger charge is 2.33. The van der Waals surface area contributed by atoms with Gasteiger partial charge in [-0.1, -0.05) is 30.3 Å². The summed E-state index contributed by atoms with van der Waals surface area (Å²) in [5, 5.41) is 9.67. The van der Waals surface area contributed by atoms with Gasteiger partial charge in [0.05, 0.1) is 5.60 Å². The Morgan fingerprint density at radius 1 is 1.33 bits per heavy atom. The molecule has 0 aliphatic carbocycles. The summed E-state index contributed by atoms with van der Waals surface area (Å²) in [6.45, 7) is 5.39. The highest BCUT2D eigenvalue weighted by molar-refractivity contribution is 5.15. The monoisotopic (exact) mass is 248 g/mol. The number of aliphatic hydroxyl groups is 1. The number of aliphatic hydroxyl groups excluding tert-OH is 1. The molecule has 2 unspecified atom stereocenters. The summed E-state index contributed by atoms with van der Waals surface area (Å²) in [7, 11) is 0. The minimum Gasteiger partial charge on any atom is -0.396 e. The van der Waals surface area contributed by atoms with Crippen molar-refractivity contribution < 1.29 is 9.84 Å². The van der Waals surface area contributed by atoms with E-state index in [0.29, 0.717) is 11.8 Å². The lowest BCUT2D eigenvalue weighted by molar-refractivity contribution is -0.0861. The van der Waals surface area contributed by atoms with Gasteiger partial charge in [-0.3, -0.25) is 0 Å². The Balaban J connectivity index is 2.00. The highest BCUT2D eigenvalue weighted by Crippen LogP contribution is 2.34. The molecular formula is C16H24O2. The average molecular weight is 248 g/mol. The van der Waals surface area contributed by atoms with E-state index in [1.807, 2.05) is 6.07 Å². The zero-order chi connectivity index (χ0) is 13.0. The molecule has 100 valence electrons. The Kier molecular flexibility index (Phi) is 4.41. The summed E-state index contributed by atoms with van der Waals surface area (Å²) in [5.74, 6) is 0.925. The van der Waals surface area contributed by atoms with Gasteiger partial charge in [0.15, 0.2) is 0 Å². The molecule has 2 rings (SSSR count). The maximum absolute atomic E-state index is 9.67. The van der Waals surface area contributed by atoms with Crippen LogP contribution in [0.4, 0.5) is 0 Å². The lowest BCUT2D eigenvalue weighted by Crippen LogP contribution is -2.38. The van der Waals surface area contributed by atoms with E-state index in [0.717, 1.165) is 25.9 Å². The number of rotatable bonds is 4. The zero-order valence-corrected chi connectivity index (χ0v) is 11.4. The van der Waals surface area contributed by atoms with Crippen LogP contribution in [0.5, 0.6) is 0 Å². The van der Waals surface area contributed by atoms with Crippen LogP contribution in [0.15, 0.2) is 30.3 Å². The molecule has 2 heteroatoms. The van der Waals surface area contributed by atoms with Crippen molar-refractivity contribution in [2.75, 3.05) is 13.2 Å². The van der Waals surface area contributed by atoms with E-state index < -0.39 is 0 Å². The van der Waals surface area contributed by atoms with Gasteiger partial charge in [-0.05, 0) is 50.5 Å². The van der Waals surface area contributed by atoms with Crippen molar-refractivity contribution in [3.63, 3.8) is 0 Å². The van der Waals surface area contributed by atoms with Gasteiger partial charge in [0.25, 0.3) is 0 Å². The predicted molar refractivity (Wildman–Crippen MR) is 73.5 cm³/mol. The van der Waals surface area contributed by atoms with Crippen LogP contribution in [0.2, 0.25) is 0 Å². The first kappa shape index (κ1) is 13.6. The van der Waals surface area contributed by atoms with Gasteiger partial charge in [-0.25, -0.2) is 0 Å². The van der Waals surface area contributed by atoms with E-state index in [1.165, 1.54) is 5.56 Å². The second-order valence-electron chi connectivity index (χ2n) is 5.99. The van der Waals surface area contributed by atoms with Crippen molar-refractivity contribution >= 4 is 0 Å². The zero-order valence-electron chi connectivity index (χ0n) is 11.4. The maximum atomic E-state index is 9.67. The normalized spacial score (nSPS) is 24.7. The van der Waals surface area contributed by atoms with E-state index in [2.05, 4.69) is 38.1 Å². The molecule has 0 bridgehead atoms. The Morgan fingerprint density at radius 2 is 2.06 bits per heavy atom. The quantitative estimate of drug-likeness (QED) is 0.887. The molecule has 2 atom stereocenters. The third kappa shape index (κ3) is 3.56. The van der Waals surface area contributed by atoms with Gasteiger partial charge in [0.1, 0.15) is 0 Å². The Hall–Kier alpha value is -0.860. The van der Waals surface area contributed by atoms with Crippen LogP contribution in [0.3, 0.4) is 0 Å². The van der Waals surface area contributed by atoms with Crippen LogP contribution in [-0.2, 0) is 11.2 Å².